The van der Waals surface area contributed by atoms with Crippen LogP contribution in [0, 0.1) is 24.7 Å². The van der Waals surface area contributed by atoms with Gasteiger partial charge in [-0.05, 0) is 55.4 Å². The Balaban J connectivity index is 1.73. The van der Waals surface area contributed by atoms with Crippen molar-refractivity contribution in [1.29, 1.82) is 0 Å². The number of hydrogen-bond donors (Lipinski definition) is 1. The van der Waals surface area contributed by atoms with Gasteiger partial charge in [0.15, 0.2) is 0 Å². The number of hydrogen-bond acceptors (Lipinski definition) is 1. The summed E-state index contributed by atoms with van der Waals surface area (Å²) < 4.78 is 0. The number of allylic oxidation sites excluding steroid dienone is 2. The first kappa shape index (κ1) is 11.8. The first-order valence-corrected chi connectivity index (χ1v) is 6.76. The molecule has 1 amide bonds. The van der Waals surface area contributed by atoms with Crippen LogP contribution in [0.3, 0.4) is 0 Å². The minimum Gasteiger partial charge on any atom is -0.326 e. The van der Waals surface area contributed by atoms with Crippen molar-refractivity contribution in [2.24, 2.45) is 17.8 Å². The summed E-state index contributed by atoms with van der Waals surface area (Å²) in [5, 5.41) is 3.73. The Hall–Kier alpha value is -1.28. The number of anilines is 1. The molecule has 18 heavy (non-hydrogen) atoms. The van der Waals surface area contributed by atoms with Gasteiger partial charge in [0.1, 0.15) is 0 Å². The van der Waals surface area contributed by atoms with Crippen molar-refractivity contribution in [2.45, 2.75) is 19.8 Å². The normalized spacial score (nSPS) is 28.7. The predicted molar refractivity (Wildman–Crippen MR) is 73.7 cm³/mol. The molecule has 1 aromatic rings. The van der Waals surface area contributed by atoms with Crippen LogP contribution < -0.4 is 5.32 Å². The molecule has 2 bridgehead atoms. The highest BCUT2D eigenvalue weighted by molar-refractivity contribution is 6.30. The van der Waals surface area contributed by atoms with Crippen molar-refractivity contribution in [2.75, 3.05) is 5.32 Å². The molecular formula is C15H16ClNO. The molecule has 94 valence electrons. The lowest BCUT2D eigenvalue weighted by Crippen LogP contribution is -2.26. The van der Waals surface area contributed by atoms with E-state index >= 15 is 0 Å². The van der Waals surface area contributed by atoms with E-state index in [0.717, 1.165) is 24.1 Å². The molecule has 0 spiro atoms. The SMILES string of the molecule is Cc1cc(Cl)ccc1NC(=O)C1CC2C=CC1C2. The first-order chi connectivity index (χ1) is 8.63. The number of amides is 1. The van der Waals surface area contributed by atoms with E-state index in [4.69, 9.17) is 11.6 Å². The van der Waals surface area contributed by atoms with Gasteiger partial charge in [0.2, 0.25) is 5.91 Å². The number of rotatable bonds is 2. The highest BCUT2D eigenvalue weighted by Crippen LogP contribution is 2.43. The summed E-state index contributed by atoms with van der Waals surface area (Å²) in [6.07, 6.45) is 6.60. The fourth-order valence-corrected chi connectivity index (χ4v) is 3.30. The van der Waals surface area contributed by atoms with E-state index in [1.54, 1.807) is 0 Å². The third-order valence-corrected chi connectivity index (χ3v) is 4.30. The molecule has 1 aromatic carbocycles. The standard InChI is InChI=1S/C15H16ClNO/c1-9-6-12(16)4-5-14(9)17-15(18)13-8-10-2-3-11(13)7-10/h2-6,10-11,13H,7-8H2,1H3,(H,17,18). The average molecular weight is 262 g/mol. The van der Waals surface area contributed by atoms with Crippen LogP contribution in [0.5, 0.6) is 0 Å². The Labute approximate surface area is 112 Å². The van der Waals surface area contributed by atoms with Crippen LogP contribution in [0.1, 0.15) is 18.4 Å². The summed E-state index contributed by atoms with van der Waals surface area (Å²) in [7, 11) is 0. The van der Waals surface area contributed by atoms with Crippen molar-refractivity contribution < 1.29 is 4.79 Å². The van der Waals surface area contributed by atoms with Gasteiger partial charge in [0, 0.05) is 16.6 Å². The van der Waals surface area contributed by atoms with Gasteiger partial charge in [-0.25, -0.2) is 0 Å². The van der Waals surface area contributed by atoms with Crippen LogP contribution in [0.15, 0.2) is 30.4 Å². The van der Waals surface area contributed by atoms with Gasteiger partial charge >= 0.3 is 0 Å². The second kappa shape index (κ2) is 4.43. The Morgan fingerprint density at radius 2 is 2.17 bits per heavy atom. The molecule has 3 rings (SSSR count). The number of aryl methyl sites for hydroxylation is 1. The fourth-order valence-electron chi connectivity index (χ4n) is 3.07. The number of benzene rings is 1. The number of fused-ring (bicyclic) bond motifs is 2. The molecular weight excluding hydrogens is 246 g/mol. The first-order valence-electron chi connectivity index (χ1n) is 6.39. The number of carbonyl (C=O) groups excluding carboxylic acids is 1. The van der Waals surface area contributed by atoms with E-state index in [1.165, 1.54) is 0 Å². The van der Waals surface area contributed by atoms with E-state index < -0.39 is 0 Å². The third kappa shape index (κ3) is 2.05. The average Bonchev–Trinajstić information content (AvgIpc) is 2.94. The zero-order valence-corrected chi connectivity index (χ0v) is 11.1. The molecule has 2 aliphatic rings. The molecule has 2 nitrogen and oxygen atoms in total. The lowest BCUT2D eigenvalue weighted by atomic mass is 9.92. The maximum atomic E-state index is 12.3. The summed E-state index contributed by atoms with van der Waals surface area (Å²) in [6, 6.07) is 5.56. The van der Waals surface area contributed by atoms with E-state index in [9.17, 15) is 4.79 Å². The van der Waals surface area contributed by atoms with Crippen LogP contribution in [0.25, 0.3) is 0 Å². The van der Waals surface area contributed by atoms with Crippen molar-refractivity contribution in [1.82, 2.24) is 0 Å². The Bertz CT molecular complexity index is 523. The smallest absolute Gasteiger partial charge is 0.228 e. The Kier molecular flexibility index (Phi) is 2.90. The molecule has 2 aliphatic carbocycles. The summed E-state index contributed by atoms with van der Waals surface area (Å²) in [5.74, 6) is 1.37. The fraction of sp³-hybridized carbons (Fsp3) is 0.400. The van der Waals surface area contributed by atoms with Crippen LogP contribution >= 0.6 is 11.6 Å². The van der Waals surface area contributed by atoms with Crippen molar-refractivity contribution in [3.63, 3.8) is 0 Å². The lowest BCUT2D eigenvalue weighted by molar-refractivity contribution is -0.120. The van der Waals surface area contributed by atoms with Crippen LogP contribution in [-0.4, -0.2) is 5.91 Å². The molecule has 0 radical (unpaired) electrons. The monoisotopic (exact) mass is 261 g/mol. The van der Waals surface area contributed by atoms with Crippen LogP contribution in [0.4, 0.5) is 5.69 Å². The molecule has 1 N–H and O–H groups in total. The maximum Gasteiger partial charge on any atom is 0.228 e. The van der Waals surface area contributed by atoms with Gasteiger partial charge in [0.25, 0.3) is 0 Å². The van der Waals surface area contributed by atoms with Gasteiger partial charge in [-0.1, -0.05) is 23.8 Å². The summed E-state index contributed by atoms with van der Waals surface area (Å²) in [4.78, 5) is 12.3. The summed E-state index contributed by atoms with van der Waals surface area (Å²) >= 11 is 5.91. The maximum absolute atomic E-state index is 12.3. The molecule has 0 aromatic heterocycles. The summed E-state index contributed by atoms with van der Waals surface area (Å²) in [5.41, 5.74) is 1.88. The largest absolute Gasteiger partial charge is 0.326 e. The molecule has 1 fully saturated rings. The minimum atomic E-state index is 0.148. The molecule has 1 saturated carbocycles. The van der Waals surface area contributed by atoms with Crippen molar-refractivity contribution in [3.05, 3.63) is 40.9 Å². The minimum absolute atomic E-state index is 0.148. The van der Waals surface area contributed by atoms with Gasteiger partial charge in [-0.2, -0.15) is 0 Å². The molecule has 0 aliphatic heterocycles. The molecule has 0 saturated heterocycles. The lowest BCUT2D eigenvalue weighted by Gasteiger charge is -2.18. The van der Waals surface area contributed by atoms with Crippen LogP contribution in [-0.2, 0) is 4.79 Å². The van der Waals surface area contributed by atoms with Gasteiger partial charge < -0.3 is 5.32 Å². The van der Waals surface area contributed by atoms with Gasteiger partial charge in [-0.15, -0.1) is 0 Å². The Morgan fingerprint density at radius 3 is 2.78 bits per heavy atom. The molecule has 0 heterocycles. The van der Waals surface area contributed by atoms with Crippen LogP contribution in [0.2, 0.25) is 5.02 Å². The zero-order valence-electron chi connectivity index (χ0n) is 10.3. The topological polar surface area (TPSA) is 29.1 Å². The zero-order chi connectivity index (χ0) is 12.7. The number of nitrogens with one attached hydrogen (secondary N) is 1. The molecule has 3 atom stereocenters. The number of halogens is 1. The Morgan fingerprint density at radius 1 is 1.33 bits per heavy atom. The second-order valence-electron chi connectivity index (χ2n) is 5.34. The highest BCUT2D eigenvalue weighted by atomic mass is 35.5. The quantitative estimate of drug-likeness (QED) is 0.806. The van der Waals surface area contributed by atoms with E-state index in [1.807, 2.05) is 25.1 Å². The number of carbonyl (C=O) groups is 1. The van der Waals surface area contributed by atoms with Crippen molar-refractivity contribution >= 4 is 23.2 Å². The molecule has 3 heteroatoms. The summed E-state index contributed by atoms with van der Waals surface area (Å²) in [6.45, 7) is 1.96. The third-order valence-electron chi connectivity index (χ3n) is 4.06. The van der Waals surface area contributed by atoms with E-state index in [-0.39, 0.29) is 11.8 Å². The van der Waals surface area contributed by atoms with E-state index in [0.29, 0.717) is 16.9 Å². The second-order valence-corrected chi connectivity index (χ2v) is 5.77. The van der Waals surface area contributed by atoms with Crippen molar-refractivity contribution in [3.8, 4) is 0 Å². The van der Waals surface area contributed by atoms with Gasteiger partial charge in [-0.3, -0.25) is 4.79 Å². The molecule has 3 unspecified atom stereocenters. The van der Waals surface area contributed by atoms with E-state index in [2.05, 4.69) is 17.5 Å². The predicted octanol–water partition coefficient (Wildman–Crippen LogP) is 3.80. The van der Waals surface area contributed by atoms with Gasteiger partial charge in [0.05, 0.1) is 0 Å². The highest BCUT2D eigenvalue weighted by Gasteiger charge is 2.39.